The Hall–Kier alpha value is -1.33. The van der Waals surface area contributed by atoms with Crippen molar-refractivity contribution in [2.24, 2.45) is 0 Å². The van der Waals surface area contributed by atoms with Crippen molar-refractivity contribution in [1.82, 2.24) is 0 Å². The Bertz CT molecular complexity index is 661. The molecule has 0 saturated carbocycles. The summed E-state index contributed by atoms with van der Waals surface area (Å²) in [6.07, 6.45) is 0. The molecule has 1 amide bonds. The van der Waals surface area contributed by atoms with E-state index in [1.54, 1.807) is 18.2 Å². The van der Waals surface area contributed by atoms with Crippen LogP contribution < -0.4 is 11.1 Å². The number of aryl methyl sites for hydroxylation is 2. The maximum Gasteiger partial charge on any atom is 0.255 e. The highest BCUT2D eigenvalue weighted by atomic mass is 79.9. The molecule has 0 aliphatic heterocycles. The maximum absolute atomic E-state index is 12.3. The molecule has 0 atom stereocenters. The Morgan fingerprint density at radius 2 is 1.70 bits per heavy atom. The van der Waals surface area contributed by atoms with Gasteiger partial charge in [0, 0.05) is 20.2 Å². The van der Waals surface area contributed by atoms with E-state index < -0.39 is 0 Å². The number of rotatable bonds is 2. The summed E-state index contributed by atoms with van der Waals surface area (Å²) in [7, 11) is 0. The molecule has 3 N–H and O–H groups in total. The lowest BCUT2D eigenvalue weighted by Gasteiger charge is -2.12. The molecule has 20 heavy (non-hydrogen) atoms. The molecule has 5 heteroatoms. The number of amides is 1. The predicted molar refractivity (Wildman–Crippen MR) is 90.1 cm³/mol. The largest absolute Gasteiger partial charge is 0.399 e. The Labute approximate surface area is 134 Å². The molecule has 0 aliphatic rings. The Kier molecular flexibility index (Phi) is 4.50. The molecule has 0 fully saturated rings. The van der Waals surface area contributed by atoms with E-state index in [0.29, 0.717) is 11.3 Å². The Morgan fingerprint density at radius 1 is 1.10 bits per heavy atom. The van der Waals surface area contributed by atoms with Crippen molar-refractivity contribution in [3.8, 4) is 0 Å². The van der Waals surface area contributed by atoms with E-state index in [-0.39, 0.29) is 5.91 Å². The number of anilines is 2. The van der Waals surface area contributed by atoms with Gasteiger partial charge in [0.05, 0.1) is 5.69 Å². The average Bonchev–Trinajstić information content (AvgIpc) is 2.33. The normalized spacial score (nSPS) is 10.4. The van der Waals surface area contributed by atoms with Crippen LogP contribution in [0, 0.1) is 13.8 Å². The highest BCUT2D eigenvalue weighted by Gasteiger charge is 2.13. The van der Waals surface area contributed by atoms with Crippen LogP contribution in [-0.4, -0.2) is 5.91 Å². The standard InChI is InChI=1S/C15H14Br2N2O/c1-8-5-12(16)14(13(17)6-8)19-15(20)11-4-3-10(18)7-9(11)2/h3-7H,18H2,1-2H3,(H,19,20). The first-order valence-corrected chi connectivity index (χ1v) is 7.60. The molecule has 104 valence electrons. The van der Waals surface area contributed by atoms with Gasteiger partial charge in [-0.05, 0) is 87.2 Å². The lowest BCUT2D eigenvalue weighted by Crippen LogP contribution is -2.14. The van der Waals surface area contributed by atoms with Crippen LogP contribution in [0.3, 0.4) is 0 Å². The minimum absolute atomic E-state index is 0.159. The Balaban J connectivity index is 2.33. The minimum atomic E-state index is -0.159. The van der Waals surface area contributed by atoms with Crippen molar-refractivity contribution in [2.45, 2.75) is 13.8 Å². The number of carbonyl (C=O) groups excluding carboxylic acids is 1. The second-order valence-electron chi connectivity index (χ2n) is 4.63. The van der Waals surface area contributed by atoms with Crippen molar-refractivity contribution >= 4 is 49.1 Å². The zero-order valence-corrected chi connectivity index (χ0v) is 14.3. The van der Waals surface area contributed by atoms with Gasteiger partial charge in [-0.2, -0.15) is 0 Å². The number of nitrogen functional groups attached to an aromatic ring is 1. The zero-order chi connectivity index (χ0) is 14.9. The van der Waals surface area contributed by atoms with Crippen LogP contribution in [0.5, 0.6) is 0 Å². The summed E-state index contributed by atoms with van der Waals surface area (Å²) >= 11 is 6.93. The highest BCUT2D eigenvalue weighted by molar-refractivity contribution is 9.11. The van der Waals surface area contributed by atoms with Gasteiger partial charge in [-0.3, -0.25) is 4.79 Å². The van der Waals surface area contributed by atoms with Gasteiger partial charge in [-0.25, -0.2) is 0 Å². The van der Waals surface area contributed by atoms with E-state index in [4.69, 9.17) is 5.73 Å². The maximum atomic E-state index is 12.3. The molecule has 2 aromatic carbocycles. The van der Waals surface area contributed by atoms with Crippen LogP contribution >= 0.6 is 31.9 Å². The monoisotopic (exact) mass is 396 g/mol. The number of nitrogens with one attached hydrogen (secondary N) is 1. The van der Waals surface area contributed by atoms with Gasteiger partial charge >= 0.3 is 0 Å². The van der Waals surface area contributed by atoms with Gasteiger partial charge in [0.25, 0.3) is 5.91 Å². The average molecular weight is 398 g/mol. The van der Waals surface area contributed by atoms with Gasteiger partial charge in [-0.1, -0.05) is 0 Å². The third kappa shape index (κ3) is 3.22. The third-order valence-electron chi connectivity index (χ3n) is 2.92. The first-order chi connectivity index (χ1) is 9.38. The molecular weight excluding hydrogens is 384 g/mol. The lowest BCUT2D eigenvalue weighted by molar-refractivity contribution is 0.102. The number of benzene rings is 2. The number of hydrogen-bond donors (Lipinski definition) is 2. The number of carbonyl (C=O) groups is 1. The molecule has 0 saturated heterocycles. The molecule has 0 bridgehead atoms. The van der Waals surface area contributed by atoms with Crippen molar-refractivity contribution in [2.75, 3.05) is 11.1 Å². The summed E-state index contributed by atoms with van der Waals surface area (Å²) in [5.74, 6) is -0.159. The van der Waals surface area contributed by atoms with Crippen LogP contribution in [0.1, 0.15) is 21.5 Å². The van der Waals surface area contributed by atoms with E-state index in [9.17, 15) is 4.79 Å². The summed E-state index contributed by atoms with van der Waals surface area (Å²) in [6.45, 7) is 3.86. The molecule has 0 unspecified atom stereocenters. The number of nitrogens with two attached hydrogens (primary N) is 1. The summed E-state index contributed by atoms with van der Waals surface area (Å²) in [4.78, 5) is 12.3. The van der Waals surface area contributed by atoms with Gasteiger partial charge in [-0.15, -0.1) is 0 Å². The molecule has 2 aromatic rings. The zero-order valence-electron chi connectivity index (χ0n) is 11.1. The SMILES string of the molecule is Cc1cc(Br)c(NC(=O)c2ccc(N)cc2C)c(Br)c1. The van der Waals surface area contributed by atoms with Crippen molar-refractivity contribution < 1.29 is 4.79 Å². The lowest BCUT2D eigenvalue weighted by atomic mass is 10.1. The van der Waals surface area contributed by atoms with Crippen LogP contribution in [-0.2, 0) is 0 Å². The van der Waals surface area contributed by atoms with Crippen molar-refractivity contribution in [3.05, 3.63) is 56.0 Å². The first-order valence-electron chi connectivity index (χ1n) is 6.01. The molecule has 3 nitrogen and oxygen atoms in total. The molecule has 0 radical (unpaired) electrons. The molecule has 2 rings (SSSR count). The van der Waals surface area contributed by atoms with Gasteiger partial charge in [0.15, 0.2) is 0 Å². The van der Waals surface area contributed by atoms with Crippen LogP contribution in [0.25, 0.3) is 0 Å². The smallest absolute Gasteiger partial charge is 0.255 e. The summed E-state index contributed by atoms with van der Waals surface area (Å²) in [5.41, 5.74) is 9.63. The fraction of sp³-hybridized carbons (Fsp3) is 0.133. The third-order valence-corrected chi connectivity index (χ3v) is 4.17. The molecule has 0 spiro atoms. The molecule has 0 heterocycles. The minimum Gasteiger partial charge on any atom is -0.399 e. The van der Waals surface area contributed by atoms with Gasteiger partial charge in [0.1, 0.15) is 0 Å². The summed E-state index contributed by atoms with van der Waals surface area (Å²) < 4.78 is 1.68. The van der Waals surface area contributed by atoms with Crippen molar-refractivity contribution in [3.63, 3.8) is 0 Å². The summed E-state index contributed by atoms with van der Waals surface area (Å²) in [5, 5.41) is 2.91. The first kappa shape index (κ1) is 15.1. The van der Waals surface area contributed by atoms with Crippen LogP contribution in [0.15, 0.2) is 39.3 Å². The van der Waals surface area contributed by atoms with Crippen molar-refractivity contribution in [1.29, 1.82) is 0 Å². The second-order valence-corrected chi connectivity index (χ2v) is 6.34. The van der Waals surface area contributed by atoms with Gasteiger partial charge < -0.3 is 11.1 Å². The number of halogens is 2. The van der Waals surface area contributed by atoms with Gasteiger partial charge in [0.2, 0.25) is 0 Å². The van der Waals surface area contributed by atoms with E-state index in [0.717, 1.165) is 25.8 Å². The van der Waals surface area contributed by atoms with E-state index in [1.807, 2.05) is 26.0 Å². The van der Waals surface area contributed by atoms with E-state index in [1.165, 1.54) is 0 Å². The molecule has 0 aliphatic carbocycles. The molecular formula is C15H14Br2N2O. The van der Waals surface area contributed by atoms with E-state index in [2.05, 4.69) is 37.2 Å². The summed E-state index contributed by atoms with van der Waals surface area (Å²) in [6, 6.07) is 9.15. The number of hydrogen-bond acceptors (Lipinski definition) is 2. The van der Waals surface area contributed by atoms with Crippen LogP contribution in [0.2, 0.25) is 0 Å². The topological polar surface area (TPSA) is 55.1 Å². The second kappa shape index (κ2) is 5.97. The fourth-order valence-corrected chi connectivity index (χ4v) is 3.56. The van der Waals surface area contributed by atoms with Crippen LogP contribution in [0.4, 0.5) is 11.4 Å². The fourth-order valence-electron chi connectivity index (χ4n) is 1.94. The van der Waals surface area contributed by atoms with E-state index >= 15 is 0 Å². The predicted octanol–water partition coefficient (Wildman–Crippen LogP) is 4.66. The highest BCUT2D eigenvalue weighted by Crippen LogP contribution is 2.32. The molecule has 0 aromatic heterocycles. The Morgan fingerprint density at radius 3 is 2.25 bits per heavy atom. The quantitative estimate of drug-likeness (QED) is 0.723.